The highest BCUT2D eigenvalue weighted by molar-refractivity contribution is 5.96. The smallest absolute Gasteiger partial charge is 0.408 e. The first kappa shape index (κ1) is 48.7. The SMILES string of the molecule is COC(=O)[C@@H](CCCNC(=O)OCc1ccccc1)NC(=O)[C@@H](NC(=O)[C@@H]1CCCN1C(=O)[C@@H](Cc1ccccc1)NC(=O)[C@@H](CC(C)C)NC(=O)OC(C)(C)C)C(C)C. The van der Waals surface area contributed by atoms with E-state index in [1.165, 1.54) is 12.0 Å². The molecule has 330 valence electrons. The number of alkyl carbamates (subject to hydrolysis) is 2. The number of hydrogen-bond acceptors (Lipinski definition) is 10. The first-order valence-electron chi connectivity index (χ1n) is 20.7. The van der Waals surface area contributed by atoms with E-state index in [1.54, 1.807) is 34.6 Å². The maximum Gasteiger partial charge on any atom is 0.408 e. The van der Waals surface area contributed by atoms with Crippen LogP contribution in [0.2, 0.25) is 0 Å². The van der Waals surface area contributed by atoms with Crippen LogP contribution in [-0.2, 0) is 51.2 Å². The second kappa shape index (κ2) is 23.8. The fraction of sp³-hybridized carbons (Fsp3) is 0.568. The van der Waals surface area contributed by atoms with Crippen LogP contribution < -0.4 is 26.6 Å². The van der Waals surface area contributed by atoms with Crippen LogP contribution in [0.25, 0.3) is 0 Å². The van der Waals surface area contributed by atoms with Crippen molar-refractivity contribution in [2.24, 2.45) is 11.8 Å². The summed E-state index contributed by atoms with van der Waals surface area (Å²) in [5, 5.41) is 13.6. The Bertz CT molecular complexity index is 1730. The number of nitrogens with one attached hydrogen (secondary N) is 5. The molecule has 2 aromatic carbocycles. The van der Waals surface area contributed by atoms with E-state index in [9.17, 15) is 33.6 Å². The van der Waals surface area contributed by atoms with Crippen molar-refractivity contribution in [3.63, 3.8) is 0 Å². The van der Waals surface area contributed by atoms with Crippen LogP contribution in [-0.4, -0.2) is 103 Å². The number of benzene rings is 2. The zero-order valence-electron chi connectivity index (χ0n) is 36.2. The maximum absolute atomic E-state index is 14.4. The molecule has 5 N–H and O–H groups in total. The van der Waals surface area contributed by atoms with Crippen molar-refractivity contribution >= 4 is 41.8 Å². The normalized spacial score (nSPS) is 15.8. The summed E-state index contributed by atoms with van der Waals surface area (Å²) in [6, 6.07) is 13.1. The number of carbonyl (C=O) groups is 7. The van der Waals surface area contributed by atoms with Crippen LogP contribution in [0.15, 0.2) is 60.7 Å². The molecular weight excluding hydrogens is 773 g/mol. The van der Waals surface area contributed by atoms with Crippen molar-refractivity contribution in [3.05, 3.63) is 71.8 Å². The average Bonchev–Trinajstić information content (AvgIpc) is 3.69. The van der Waals surface area contributed by atoms with Crippen LogP contribution in [0.4, 0.5) is 9.59 Å². The summed E-state index contributed by atoms with van der Waals surface area (Å²) in [4.78, 5) is 94.9. The fourth-order valence-corrected chi connectivity index (χ4v) is 6.69. The number of amides is 6. The lowest BCUT2D eigenvalue weighted by Gasteiger charge is -2.32. The van der Waals surface area contributed by atoms with E-state index >= 15 is 0 Å². The van der Waals surface area contributed by atoms with E-state index in [2.05, 4.69) is 26.6 Å². The number of ether oxygens (including phenoxy) is 3. The van der Waals surface area contributed by atoms with Crippen molar-refractivity contribution in [1.82, 2.24) is 31.5 Å². The zero-order chi connectivity index (χ0) is 44.4. The number of hydrogen-bond donors (Lipinski definition) is 5. The highest BCUT2D eigenvalue weighted by Gasteiger charge is 2.40. The van der Waals surface area contributed by atoms with Gasteiger partial charge in [0, 0.05) is 19.5 Å². The lowest BCUT2D eigenvalue weighted by molar-refractivity contribution is -0.146. The predicted octanol–water partition coefficient (Wildman–Crippen LogP) is 4.15. The minimum Gasteiger partial charge on any atom is -0.467 e. The third-order valence-corrected chi connectivity index (χ3v) is 9.65. The highest BCUT2D eigenvalue weighted by Crippen LogP contribution is 2.21. The highest BCUT2D eigenvalue weighted by atomic mass is 16.6. The molecule has 2 aromatic rings. The van der Waals surface area contributed by atoms with Gasteiger partial charge in [-0.05, 0) is 75.8 Å². The predicted molar refractivity (Wildman–Crippen MR) is 224 cm³/mol. The Hall–Kier alpha value is -5.67. The van der Waals surface area contributed by atoms with Gasteiger partial charge in [0.1, 0.15) is 42.4 Å². The second-order valence-corrected chi connectivity index (χ2v) is 16.7. The molecule has 0 aromatic heterocycles. The molecule has 0 aliphatic carbocycles. The van der Waals surface area contributed by atoms with E-state index in [0.717, 1.165) is 11.1 Å². The van der Waals surface area contributed by atoms with Gasteiger partial charge in [0.2, 0.25) is 23.6 Å². The molecule has 0 spiro atoms. The molecule has 16 nitrogen and oxygen atoms in total. The van der Waals surface area contributed by atoms with Gasteiger partial charge in [0.25, 0.3) is 0 Å². The Morgan fingerprint density at radius 1 is 0.767 bits per heavy atom. The maximum atomic E-state index is 14.4. The largest absolute Gasteiger partial charge is 0.467 e. The molecule has 0 unspecified atom stereocenters. The van der Waals surface area contributed by atoms with Gasteiger partial charge in [0.15, 0.2) is 0 Å². The van der Waals surface area contributed by atoms with Crippen LogP contribution in [0.5, 0.6) is 0 Å². The molecule has 1 fully saturated rings. The number of nitrogens with zero attached hydrogens (tertiary/aromatic N) is 1. The topological polar surface area (TPSA) is 211 Å². The molecule has 1 saturated heterocycles. The molecule has 3 rings (SSSR count). The summed E-state index contributed by atoms with van der Waals surface area (Å²) >= 11 is 0. The molecule has 0 radical (unpaired) electrons. The van der Waals surface area contributed by atoms with Gasteiger partial charge < -0.3 is 45.7 Å². The first-order valence-corrected chi connectivity index (χ1v) is 20.7. The minimum absolute atomic E-state index is 0.0118. The minimum atomic E-state index is -1.09. The van der Waals surface area contributed by atoms with Gasteiger partial charge in [0.05, 0.1) is 7.11 Å². The van der Waals surface area contributed by atoms with Crippen molar-refractivity contribution in [2.75, 3.05) is 20.2 Å². The van der Waals surface area contributed by atoms with Crippen LogP contribution >= 0.6 is 0 Å². The third-order valence-electron chi connectivity index (χ3n) is 9.65. The first-order chi connectivity index (χ1) is 28.4. The third kappa shape index (κ3) is 16.5. The zero-order valence-corrected chi connectivity index (χ0v) is 36.2. The number of esters is 1. The standard InChI is InChI=1S/C44H64N6O10/c1-28(2)25-33(48-43(57)60-44(5,6)7)37(51)47-34(26-30-17-11-9-12-18-30)40(54)50-24-16-22-35(50)38(52)49-36(29(3)4)39(53)46-32(41(55)58-8)21-15-23-45-42(56)59-27-31-19-13-10-14-20-31/h9-14,17-20,28-29,32-36H,15-16,21-27H2,1-8H3,(H,45,56)(H,46,53)(H,47,51)(H,48,57)(H,49,52)/t32-,33-,34-,35+,36+/m1/s1. The summed E-state index contributed by atoms with van der Waals surface area (Å²) in [5.41, 5.74) is 0.808. The molecule has 0 saturated carbocycles. The molecule has 5 atom stereocenters. The average molecular weight is 837 g/mol. The van der Waals surface area contributed by atoms with Gasteiger partial charge in [-0.25, -0.2) is 14.4 Å². The van der Waals surface area contributed by atoms with E-state index in [-0.39, 0.29) is 44.9 Å². The Balaban J connectivity index is 1.70. The van der Waals surface area contributed by atoms with E-state index < -0.39 is 83.5 Å². The summed E-state index contributed by atoms with van der Waals surface area (Å²) in [7, 11) is 1.20. The summed E-state index contributed by atoms with van der Waals surface area (Å²) in [6.07, 6.45) is 0.255. The molecule has 0 bridgehead atoms. The second-order valence-electron chi connectivity index (χ2n) is 16.7. The van der Waals surface area contributed by atoms with Crippen LogP contribution in [0, 0.1) is 11.8 Å². The number of rotatable bonds is 20. The lowest BCUT2D eigenvalue weighted by atomic mass is 10.00. The molecule has 60 heavy (non-hydrogen) atoms. The molecule has 6 amide bonds. The van der Waals surface area contributed by atoms with Gasteiger partial charge in [-0.3, -0.25) is 19.2 Å². The van der Waals surface area contributed by atoms with Crippen molar-refractivity contribution in [3.8, 4) is 0 Å². The van der Waals surface area contributed by atoms with Gasteiger partial charge in [-0.1, -0.05) is 88.4 Å². The van der Waals surface area contributed by atoms with Crippen molar-refractivity contribution in [2.45, 2.75) is 129 Å². The molecule has 1 heterocycles. The quantitative estimate of drug-likeness (QED) is 0.0731. The lowest BCUT2D eigenvalue weighted by Crippen LogP contribution is -2.59. The van der Waals surface area contributed by atoms with E-state index in [0.29, 0.717) is 19.3 Å². The van der Waals surface area contributed by atoms with Gasteiger partial charge in [-0.2, -0.15) is 0 Å². The van der Waals surface area contributed by atoms with Gasteiger partial charge >= 0.3 is 18.2 Å². The van der Waals surface area contributed by atoms with Crippen molar-refractivity contribution in [1.29, 1.82) is 0 Å². The Morgan fingerprint density at radius 3 is 1.97 bits per heavy atom. The molecule has 1 aliphatic rings. The van der Waals surface area contributed by atoms with E-state index in [1.807, 2.05) is 74.5 Å². The van der Waals surface area contributed by atoms with Crippen LogP contribution in [0.1, 0.15) is 91.7 Å². The molecule has 1 aliphatic heterocycles. The Kier molecular flexibility index (Phi) is 19.3. The number of carbonyl (C=O) groups excluding carboxylic acids is 7. The van der Waals surface area contributed by atoms with Crippen molar-refractivity contribution < 1.29 is 47.8 Å². The van der Waals surface area contributed by atoms with Crippen LogP contribution in [0.3, 0.4) is 0 Å². The monoisotopic (exact) mass is 836 g/mol. The summed E-state index contributed by atoms with van der Waals surface area (Å²) < 4.78 is 15.6. The Labute approximate surface area is 353 Å². The summed E-state index contributed by atoms with van der Waals surface area (Å²) in [6.45, 7) is 12.9. The Morgan fingerprint density at radius 2 is 1.38 bits per heavy atom. The number of likely N-dealkylation sites (tertiary alicyclic amines) is 1. The van der Waals surface area contributed by atoms with E-state index in [4.69, 9.17) is 14.2 Å². The fourth-order valence-electron chi connectivity index (χ4n) is 6.69. The number of methoxy groups -OCH3 is 1. The van der Waals surface area contributed by atoms with Gasteiger partial charge in [-0.15, -0.1) is 0 Å². The summed E-state index contributed by atoms with van der Waals surface area (Å²) in [5.74, 6) is -3.34. The molecule has 16 heteroatoms. The molecular formula is C44H64N6O10.